The Morgan fingerprint density at radius 2 is 0.855 bits per heavy atom. The molecular formula is C60H44N2. The third-order valence-electron chi connectivity index (χ3n) is 13.3. The minimum atomic E-state index is -0.00790. The van der Waals surface area contributed by atoms with Gasteiger partial charge in [0.1, 0.15) is 0 Å². The van der Waals surface area contributed by atoms with Crippen molar-refractivity contribution in [2.24, 2.45) is 0 Å². The Labute approximate surface area is 363 Å². The van der Waals surface area contributed by atoms with Crippen molar-refractivity contribution in [2.45, 2.75) is 26.2 Å². The van der Waals surface area contributed by atoms with Gasteiger partial charge < -0.3 is 9.80 Å². The quantitative estimate of drug-likeness (QED) is 0.127. The summed E-state index contributed by atoms with van der Waals surface area (Å²) in [5, 5.41) is 7.46. The summed E-state index contributed by atoms with van der Waals surface area (Å²) in [6.45, 7) is 6.89. The molecule has 2 nitrogen and oxygen atoms in total. The van der Waals surface area contributed by atoms with E-state index in [9.17, 15) is 0 Å². The smallest absolute Gasteiger partial charge is 0.0703 e. The van der Waals surface area contributed by atoms with Gasteiger partial charge >= 0.3 is 0 Å². The van der Waals surface area contributed by atoms with Crippen LogP contribution in [0, 0.1) is 6.92 Å². The number of hydrogen-bond donors (Lipinski definition) is 0. The van der Waals surface area contributed by atoms with Crippen LogP contribution in [-0.2, 0) is 5.41 Å². The number of nitrogens with zero attached hydrogens (tertiary/aromatic N) is 2. The van der Waals surface area contributed by atoms with Crippen molar-refractivity contribution < 1.29 is 0 Å². The minimum Gasteiger partial charge on any atom is -0.306 e. The SMILES string of the molecule is Cc1ccc2c(c1)C(C)(C)c1cc(C=Cc3ccc4cc(-c5ccc6c(ccc7cc(N8c9ccccc9N(c9ccccc9)c9ccccc98)ccc76)c5)ccc4c3)ccc1-2. The zero-order valence-corrected chi connectivity index (χ0v) is 35.1. The van der Waals surface area contributed by atoms with E-state index in [0.29, 0.717) is 0 Å². The molecule has 2 aliphatic rings. The third-order valence-corrected chi connectivity index (χ3v) is 13.3. The van der Waals surface area contributed by atoms with Crippen molar-refractivity contribution in [3.8, 4) is 22.3 Å². The summed E-state index contributed by atoms with van der Waals surface area (Å²) in [5.41, 5.74) is 18.7. The highest BCUT2D eigenvalue weighted by atomic mass is 15.3. The van der Waals surface area contributed by atoms with Crippen LogP contribution in [0.4, 0.5) is 34.1 Å². The molecule has 0 amide bonds. The lowest BCUT2D eigenvalue weighted by Crippen LogP contribution is -2.23. The average Bonchev–Trinajstić information content (AvgIpc) is 3.53. The van der Waals surface area contributed by atoms with Crippen LogP contribution in [-0.4, -0.2) is 0 Å². The summed E-state index contributed by atoms with van der Waals surface area (Å²) < 4.78 is 0. The number of benzene rings is 10. The Kier molecular flexibility index (Phi) is 8.14. The summed E-state index contributed by atoms with van der Waals surface area (Å²) in [5.74, 6) is 0. The zero-order valence-electron chi connectivity index (χ0n) is 35.1. The van der Waals surface area contributed by atoms with Crippen LogP contribution in [0.5, 0.6) is 0 Å². The van der Waals surface area contributed by atoms with Crippen molar-refractivity contribution in [1.82, 2.24) is 0 Å². The maximum absolute atomic E-state index is 2.41. The predicted octanol–water partition coefficient (Wildman–Crippen LogP) is 16.9. The van der Waals surface area contributed by atoms with Crippen molar-refractivity contribution >= 4 is 78.6 Å². The molecule has 0 fully saturated rings. The molecule has 0 saturated carbocycles. The van der Waals surface area contributed by atoms with Crippen LogP contribution in [0.1, 0.15) is 41.7 Å². The van der Waals surface area contributed by atoms with Gasteiger partial charge in [0.05, 0.1) is 22.7 Å². The number of anilines is 6. The molecule has 10 aromatic rings. The van der Waals surface area contributed by atoms with Gasteiger partial charge in [-0.1, -0.05) is 165 Å². The van der Waals surface area contributed by atoms with Crippen molar-refractivity contribution in [2.75, 3.05) is 9.80 Å². The molecule has 1 heterocycles. The van der Waals surface area contributed by atoms with Gasteiger partial charge in [0.2, 0.25) is 0 Å². The van der Waals surface area contributed by atoms with Gasteiger partial charge in [-0.3, -0.25) is 0 Å². The fraction of sp³-hybridized carbons (Fsp3) is 0.0667. The Hall–Kier alpha value is -7.68. The average molecular weight is 793 g/mol. The number of hydrogen-bond acceptors (Lipinski definition) is 2. The standard InChI is InChI=1S/C60H44N2/c1-39-17-29-52-53-30-21-41(35-55(53)60(2,3)54(52)33-39)19-18-40-20-22-43-36-44(24-23-42(43)34-40)45-27-31-50-46(37-45)25-26-47-38-49(28-32-51(47)50)62-58-15-9-7-13-56(58)61(48-11-5-4-6-12-48)57-14-8-10-16-59(57)62/h4-38H,1-3H3. The van der Waals surface area contributed by atoms with E-state index in [-0.39, 0.29) is 5.41 Å². The first kappa shape index (κ1) is 36.2. The molecule has 294 valence electrons. The highest BCUT2D eigenvalue weighted by Gasteiger charge is 2.35. The van der Waals surface area contributed by atoms with Gasteiger partial charge in [-0.05, 0) is 150 Å². The molecule has 0 saturated heterocycles. The van der Waals surface area contributed by atoms with Crippen LogP contribution in [0.2, 0.25) is 0 Å². The van der Waals surface area contributed by atoms with E-state index >= 15 is 0 Å². The van der Waals surface area contributed by atoms with Gasteiger partial charge in [-0.25, -0.2) is 0 Å². The van der Waals surface area contributed by atoms with Gasteiger partial charge in [-0.15, -0.1) is 0 Å². The lowest BCUT2D eigenvalue weighted by Gasteiger charge is -2.40. The molecule has 0 atom stereocenters. The molecule has 0 radical (unpaired) electrons. The van der Waals surface area contributed by atoms with Crippen LogP contribution < -0.4 is 9.80 Å². The Morgan fingerprint density at radius 1 is 0.371 bits per heavy atom. The Morgan fingerprint density at radius 3 is 1.55 bits per heavy atom. The molecule has 0 N–H and O–H groups in total. The van der Waals surface area contributed by atoms with Crippen molar-refractivity contribution in [3.63, 3.8) is 0 Å². The van der Waals surface area contributed by atoms with Crippen molar-refractivity contribution in [1.29, 1.82) is 0 Å². The Balaban J connectivity index is 0.826. The number of para-hydroxylation sites is 5. The highest BCUT2D eigenvalue weighted by Crippen LogP contribution is 2.54. The first-order valence-corrected chi connectivity index (χ1v) is 21.7. The Bertz CT molecular complexity index is 3420. The molecule has 1 aliphatic heterocycles. The van der Waals surface area contributed by atoms with E-state index in [2.05, 4.69) is 243 Å². The molecule has 0 bridgehead atoms. The summed E-state index contributed by atoms with van der Waals surface area (Å²) in [4.78, 5) is 4.78. The highest BCUT2D eigenvalue weighted by molar-refractivity contribution is 6.10. The van der Waals surface area contributed by atoms with Gasteiger partial charge in [0.15, 0.2) is 0 Å². The fourth-order valence-corrected chi connectivity index (χ4v) is 10.2. The molecule has 12 rings (SSSR count). The normalized spacial score (nSPS) is 13.7. The van der Waals surface area contributed by atoms with E-state index in [0.717, 1.165) is 34.1 Å². The molecule has 1 aliphatic carbocycles. The fourth-order valence-electron chi connectivity index (χ4n) is 10.2. The lowest BCUT2D eigenvalue weighted by atomic mass is 9.81. The number of aryl methyl sites for hydroxylation is 1. The largest absolute Gasteiger partial charge is 0.306 e. The lowest BCUT2D eigenvalue weighted by molar-refractivity contribution is 0.659. The van der Waals surface area contributed by atoms with Gasteiger partial charge in [0.25, 0.3) is 0 Å². The number of rotatable bonds is 5. The number of fused-ring (bicyclic) bond motifs is 9. The van der Waals surface area contributed by atoms with Crippen LogP contribution in [0.15, 0.2) is 200 Å². The third kappa shape index (κ3) is 5.79. The topological polar surface area (TPSA) is 6.48 Å². The molecular weight excluding hydrogens is 749 g/mol. The van der Waals surface area contributed by atoms with Crippen LogP contribution in [0.25, 0.3) is 66.7 Å². The summed E-state index contributed by atoms with van der Waals surface area (Å²) in [6, 6.07) is 73.9. The minimum absolute atomic E-state index is 0.00790. The molecule has 0 aromatic heterocycles. The summed E-state index contributed by atoms with van der Waals surface area (Å²) in [7, 11) is 0. The van der Waals surface area contributed by atoms with E-state index in [1.807, 2.05) is 0 Å². The summed E-state index contributed by atoms with van der Waals surface area (Å²) in [6.07, 6.45) is 4.50. The monoisotopic (exact) mass is 792 g/mol. The maximum atomic E-state index is 2.41. The molecule has 0 spiro atoms. The molecule has 2 heteroatoms. The second-order valence-electron chi connectivity index (χ2n) is 17.5. The summed E-state index contributed by atoms with van der Waals surface area (Å²) >= 11 is 0. The van der Waals surface area contributed by atoms with E-state index < -0.39 is 0 Å². The maximum Gasteiger partial charge on any atom is 0.0703 e. The first-order chi connectivity index (χ1) is 30.4. The van der Waals surface area contributed by atoms with E-state index in [1.54, 1.807) is 0 Å². The predicted molar refractivity (Wildman–Crippen MR) is 265 cm³/mol. The van der Waals surface area contributed by atoms with Crippen LogP contribution in [0.3, 0.4) is 0 Å². The van der Waals surface area contributed by atoms with Crippen molar-refractivity contribution in [3.05, 3.63) is 228 Å². The molecule has 0 unspecified atom stereocenters. The second-order valence-corrected chi connectivity index (χ2v) is 17.5. The molecule has 62 heavy (non-hydrogen) atoms. The first-order valence-electron chi connectivity index (χ1n) is 21.7. The van der Waals surface area contributed by atoms with Gasteiger partial charge in [-0.2, -0.15) is 0 Å². The van der Waals surface area contributed by atoms with Crippen LogP contribution >= 0.6 is 0 Å². The molecule has 10 aromatic carbocycles. The van der Waals surface area contributed by atoms with E-state index in [1.165, 1.54) is 82.4 Å². The van der Waals surface area contributed by atoms with E-state index in [4.69, 9.17) is 0 Å². The van der Waals surface area contributed by atoms with Gasteiger partial charge in [0, 0.05) is 16.8 Å². The zero-order chi connectivity index (χ0) is 41.5. The second kappa shape index (κ2) is 13.9.